The maximum atomic E-state index is 12.6. The van der Waals surface area contributed by atoms with Crippen LogP contribution in [0, 0.1) is 0 Å². The molecule has 0 heterocycles. The van der Waals surface area contributed by atoms with Gasteiger partial charge in [-0.2, -0.15) is 0 Å². The van der Waals surface area contributed by atoms with Gasteiger partial charge >= 0.3 is 5.97 Å². The van der Waals surface area contributed by atoms with E-state index in [1.807, 2.05) is 0 Å². The fourth-order valence-corrected chi connectivity index (χ4v) is 2.61. The Morgan fingerprint density at radius 1 is 1.24 bits per heavy atom. The van der Waals surface area contributed by atoms with Crippen molar-refractivity contribution in [2.45, 2.75) is 31.7 Å². The van der Waals surface area contributed by atoms with Gasteiger partial charge in [-0.1, -0.05) is 12.8 Å². The molecule has 0 unspecified atom stereocenters. The number of hydrogen-bond donors (Lipinski definition) is 2. The van der Waals surface area contributed by atoms with E-state index < -0.39 is 5.97 Å². The molecule has 1 aromatic carbocycles. The zero-order valence-electron chi connectivity index (χ0n) is 11.9. The van der Waals surface area contributed by atoms with Crippen LogP contribution in [0.5, 0.6) is 11.5 Å². The first kappa shape index (κ1) is 15.2. The molecular formula is C15H19NO5. The Hall–Kier alpha value is -2.24. The van der Waals surface area contributed by atoms with E-state index in [0.717, 1.165) is 25.7 Å². The van der Waals surface area contributed by atoms with Crippen molar-refractivity contribution in [2.75, 3.05) is 13.7 Å². The summed E-state index contributed by atoms with van der Waals surface area (Å²) in [6.07, 6.45) is 3.76. The number of carbonyl (C=O) groups is 2. The molecular weight excluding hydrogens is 274 g/mol. The van der Waals surface area contributed by atoms with Crippen molar-refractivity contribution in [1.82, 2.24) is 4.90 Å². The summed E-state index contributed by atoms with van der Waals surface area (Å²) >= 11 is 0. The van der Waals surface area contributed by atoms with Gasteiger partial charge in [0.2, 0.25) is 0 Å². The van der Waals surface area contributed by atoms with Crippen LogP contribution in [0.15, 0.2) is 18.2 Å². The van der Waals surface area contributed by atoms with Crippen LogP contribution in [0.25, 0.3) is 0 Å². The summed E-state index contributed by atoms with van der Waals surface area (Å²) in [5.41, 5.74) is 0.237. The van der Waals surface area contributed by atoms with Crippen molar-refractivity contribution in [2.24, 2.45) is 0 Å². The standard InChI is InChI=1S/C15H19NO5/c1-21-14(19)9-16(11-4-2-3-5-11)15(20)10-6-7-12(17)13(18)8-10/h6-8,11,17-18H,2-5,9H2,1H3. The maximum Gasteiger partial charge on any atom is 0.325 e. The highest BCUT2D eigenvalue weighted by Gasteiger charge is 2.29. The number of amides is 1. The van der Waals surface area contributed by atoms with Gasteiger partial charge in [0.25, 0.3) is 5.91 Å². The molecule has 1 aliphatic rings. The lowest BCUT2D eigenvalue weighted by Gasteiger charge is -2.28. The summed E-state index contributed by atoms with van der Waals surface area (Å²) in [4.78, 5) is 25.6. The molecule has 0 saturated heterocycles. The second kappa shape index (κ2) is 6.47. The van der Waals surface area contributed by atoms with Gasteiger partial charge in [-0.05, 0) is 31.0 Å². The fraction of sp³-hybridized carbons (Fsp3) is 0.467. The summed E-state index contributed by atoms with van der Waals surface area (Å²) in [6, 6.07) is 3.90. The monoisotopic (exact) mass is 293 g/mol. The normalized spacial score (nSPS) is 14.9. The third kappa shape index (κ3) is 3.45. The maximum absolute atomic E-state index is 12.6. The molecule has 1 fully saturated rings. The van der Waals surface area contributed by atoms with E-state index in [4.69, 9.17) is 0 Å². The van der Waals surface area contributed by atoms with Gasteiger partial charge in [-0.3, -0.25) is 9.59 Å². The molecule has 114 valence electrons. The summed E-state index contributed by atoms with van der Waals surface area (Å²) in [5.74, 6) is -1.46. The number of methoxy groups -OCH3 is 1. The molecule has 0 spiro atoms. The molecule has 1 aromatic rings. The molecule has 1 amide bonds. The highest BCUT2D eigenvalue weighted by atomic mass is 16.5. The first-order chi connectivity index (χ1) is 10.0. The van der Waals surface area contributed by atoms with Crippen LogP contribution in [0.2, 0.25) is 0 Å². The Morgan fingerprint density at radius 3 is 2.48 bits per heavy atom. The third-order valence-corrected chi connectivity index (χ3v) is 3.78. The minimum atomic E-state index is -0.474. The molecule has 2 N–H and O–H groups in total. The number of carbonyl (C=O) groups excluding carboxylic acids is 2. The van der Waals surface area contributed by atoms with E-state index in [1.165, 1.54) is 30.2 Å². The number of nitrogens with zero attached hydrogens (tertiary/aromatic N) is 1. The van der Waals surface area contributed by atoms with Crippen LogP contribution < -0.4 is 0 Å². The van der Waals surface area contributed by atoms with Crippen LogP contribution in [-0.4, -0.2) is 46.7 Å². The number of esters is 1. The molecule has 1 saturated carbocycles. The first-order valence-electron chi connectivity index (χ1n) is 6.92. The highest BCUT2D eigenvalue weighted by molar-refractivity contribution is 5.96. The predicted molar refractivity (Wildman–Crippen MR) is 75.1 cm³/mol. The second-order valence-electron chi connectivity index (χ2n) is 5.15. The molecule has 6 heteroatoms. The van der Waals surface area contributed by atoms with Crippen molar-refractivity contribution >= 4 is 11.9 Å². The Kier molecular flexibility index (Phi) is 4.67. The molecule has 0 radical (unpaired) electrons. The molecule has 0 aliphatic heterocycles. The Balaban J connectivity index is 2.23. The molecule has 1 aliphatic carbocycles. The van der Waals surface area contributed by atoms with E-state index in [9.17, 15) is 19.8 Å². The van der Waals surface area contributed by atoms with Gasteiger partial charge in [-0.15, -0.1) is 0 Å². The van der Waals surface area contributed by atoms with E-state index in [-0.39, 0.29) is 35.6 Å². The number of phenolic OH excluding ortho intramolecular Hbond substituents is 2. The van der Waals surface area contributed by atoms with Crippen molar-refractivity contribution in [3.8, 4) is 11.5 Å². The topological polar surface area (TPSA) is 87.1 Å². The van der Waals surface area contributed by atoms with E-state index >= 15 is 0 Å². The third-order valence-electron chi connectivity index (χ3n) is 3.78. The number of benzene rings is 1. The summed E-state index contributed by atoms with van der Waals surface area (Å²) in [7, 11) is 1.28. The molecule has 6 nitrogen and oxygen atoms in total. The van der Waals surface area contributed by atoms with Crippen LogP contribution in [0.1, 0.15) is 36.0 Å². The quantitative estimate of drug-likeness (QED) is 0.651. The van der Waals surface area contributed by atoms with Crippen molar-refractivity contribution in [3.63, 3.8) is 0 Å². The Bertz CT molecular complexity index is 537. The molecule has 0 aromatic heterocycles. The number of rotatable bonds is 4. The number of ether oxygens (including phenoxy) is 1. The van der Waals surface area contributed by atoms with Gasteiger partial charge in [-0.25, -0.2) is 0 Å². The molecule has 0 bridgehead atoms. The lowest BCUT2D eigenvalue weighted by molar-refractivity contribution is -0.141. The first-order valence-corrected chi connectivity index (χ1v) is 6.92. The summed E-state index contributed by atoms with van der Waals surface area (Å²) in [5, 5.41) is 18.8. The van der Waals surface area contributed by atoms with Crippen LogP contribution in [-0.2, 0) is 9.53 Å². The summed E-state index contributed by atoms with van der Waals surface area (Å²) < 4.78 is 4.65. The van der Waals surface area contributed by atoms with Crippen LogP contribution >= 0.6 is 0 Å². The van der Waals surface area contributed by atoms with Crippen LogP contribution in [0.4, 0.5) is 0 Å². The van der Waals surface area contributed by atoms with Gasteiger partial charge in [0, 0.05) is 11.6 Å². The Morgan fingerprint density at radius 2 is 1.90 bits per heavy atom. The zero-order chi connectivity index (χ0) is 15.4. The van der Waals surface area contributed by atoms with Crippen molar-refractivity contribution < 1.29 is 24.5 Å². The minimum absolute atomic E-state index is 0.00699. The van der Waals surface area contributed by atoms with E-state index in [0.29, 0.717) is 0 Å². The smallest absolute Gasteiger partial charge is 0.325 e. The second-order valence-corrected chi connectivity index (χ2v) is 5.15. The number of phenols is 2. The summed E-state index contributed by atoms with van der Waals surface area (Å²) in [6.45, 7) is -0.109. The van der Waals surface area contributed by atoms with Gasteiger partial charge < -0.3 is 19.8 Å². The SMILES string of the molecule is COC(=O)CN(C(=O)c1ccc(O)c(O)c1)C1CCCC1. The fourth-order valence-electron chi connectivity index (χ4n) is 2.61. The minimum Gasteiger partial charge on any atom is -0.504 e. The largest absolute Gasteiger partial charge is 0.504 e. The average molecular weight is 293 g/mol. The van der Waals surface area contributed by atoms with Gasteiger partial charge in [0.1, 0.15) is 6.54 Å². The van der Waals surface area contributed by atoms with Crippen molar-refractivity contribution in [1.29, 1.82) is 0 Å². The zero-order valence-corrected chi connectivity index (χ0v) is 11.9. The van der Waals surface area contributed by atoms with Gasteiger partial charge in [0.15, 0.2) is 11.5 Å². The molecule has 21 heavy (non-hydrogen) atoms. The number of hydrogen-bond acceptors (Lipinski definition) is 5. The predicted octanol–water partition coefficient (Wildman–Crippen LogP) is 1.66. The highest BCUT2D eigenvalue weighted by Crippen LogP contribution is 2.28. The average Bonchev–Trinajstić information content (AvgIpc) is 3.00. The molecule has 2 rings (SSSR count). The van der Waals surface area contributed by atoms with Crippen molar-refractivity contribution in [3.05, 3.63) is 23.8 Å². The van der Waals surface area contributed by atoms with Gasteiger partial charge in [0.05, 0.1) is 7.11 Å². The van der Waals surface area contributed by atoms with E-state index in [2.05, 4.69) is 4.74 Å². The Labute approximate surface area is 122 Å². The van der Waals surface area contributed by atoms with E-state index in [1.54, 1.807) is 0 Å². The lowest BCUT2D eigenvalue weighted by atomic mass is 10.1. The van der Waals surface area contributed by atoms with Crippen LogP contribution in [0.3, 0.4) is 0 Å². The number of aromatic hydroxyl groups is 2. The lowest BCUT2D eigenvalue weighted by Crippen LogP contribution is -2.42. The molecule has 0 atom stereocenters.